The van der Waals surface area contributed by atoms with Gasteiger partial charge in [-0.2, -0.15) is 0 Å². The lowest BCUT2D eigenvalue weighted by atomic mass is 10.2. The summed E-state index contributed by atoms with van der Waals surface area (Å²) in [6, 6.07) is 5.60. The molecular formula is C11H12N2O2. The molecule has 4 nitrogen and oxygen atoms in total. The summed E-state index contributed by atoms with van der Waals surface area (Å²) < 4.78 is 5.52. The summed E-state index contributed by atoms with van der Waals surface area (Å²) in [6.45, 7) is 0.847. The zero-order valence-electron chi connectivity index (χ0n) is 8.35. The molecule has 1 saturated carbocycles. The average Bonchev–Trinajstić information content (AvgIpc) is 3.04. The highest BCUT2D eigenvalue weighted by molar-refractivity contribution is 5.94. The van der Waals surface area contributed by atoms with Crippen LogP contribution in [0.4, 0.5) is 5.82 Å². The number of ether oxygens (including phenoxy) is 1. The van der Waals surface area contributed by atoms with Crippen LogP contribution in [0.3, 0.4) is 0 Å². The van der Waals surface area contributed by atoms with Crippen LogP contribution >= 0.6 is 0 Å². The molecule has 1 aromatic heterocycles. The SMILES string of the molecule is O=C1COC2(CC2)CN1c1ccccn1. The predicted octanol–water partition coefficient (Wildman–Crippen LogP) is 0.977. The molecule has 0 aromatic carbocycles. The van der Waals surface area contributed by atoms with Gasteiger partial charge in [-0.15, -0.1) is 0 Å². The van der Waals surface area contributed by atoms with E-state index in [1.807, 2.05) is 18.2 Å². The Kier molecular flexibility index (Phi) is 1.79. The molecule has 1 saturated heterocycles. The van der Waals surface area contributed by atoms with Gasteiger partial charge in [0.1, 0.15) is 12.4 Å². The molecule has 0 unspecified atom stereocenters. The van der Waals surface area contributed by atoms with Crippen molar-refractivity contribution < 1.29 is 9.53 Å². The summed E-state index contributed by atoms with van der Waals surface area (Å²) in [5.41, 5.74) is -0.0502. The normalized spacial score (nSPS) is 23.2. The second-order valence-electron chi connectivity index (χ2n) is 4.14. The Morgan fingerprint density at radius 1 is 1.40 bits per heavy atom. The number of amides is 1. The minimum atomic E-state index is -0.0502. The maximum atomic E-state index is 11.7. The van der Waals surface area contributed by atoms with Gasteiger partial charge in [0.2, 0.25) is 0 Å². The maximum absolute atomic E-state index is 11.7. The highest BCUT2D eigenvalue weighted by atomic mass is 16.5. The fourth-order valence-electron chi connectivity index (χ4n) is 1.88. The van der Waals surface area contributed by atoms with Crippen molar-refractivity contribution in [3.63, 3.8) is 0 Å². The van der Waals surface area contributed by atoms with Crippen molar-refractivity contribution in [2.24, 2.45) is 0 Å². The quantitative estimate of drug-likeness (QED) is 0.684. The van der Waals surface area contributed by atoms with Crippen LogP contribution < -0.4 is 4.90 Å². The number of morpholine rings is 1. The third-order valence-electron chi connectivity index (χ3n) is 2.98. The summed E-state index contributed by atoms with van der Waals surface area (Å²) >= 11 is 0. The fourth-order valence-corrected chi connectivity index (χ4v) is 1.88. The van der Waals surface area contributed by atoms with Crippen molar-refractivity contribution in [3.05, 3.63) is 24.4 Å². The minimum absolute atomic E-state index is 0.00576. The molecule has 2 aliphatic rings. The molecule has 1 aliphatic heterocycles. The van der Waals surface area contributed by atoms with Gasteiger partial charge in [0, 0.05) is 6.20 Å². The minimum Gasteiger partial charge on any atom is -0.363 e. The van der Waals surface area contributed by atoms with E-state index in [4.69, 9.17) is 4.74 Å². The van der Waals surface area contributed by atoms with Crippen LogP contribution in [0, 0.1) is 0 Å². The molecule has 0 atom stereocenters. The van der Waals surface area contributed by atoms with E-state index in [0.717, 1.165) is 18.7 Å². The van der Waals surface area contributed by atoms with Crippen LogP contribution in [0.2, 0.25) is 0 Å². The monoisotopic (exact) mass is 204 g/mol. The highest BCUT2D eigenvalue weighted by Gasteiger charge is 2.50. The average molecular weight is 204 g/mol. The molecule has 1 aliphatic carbocycles. The van der Waals surface area contributed by atoms with E-state index < -0.39 is 0 Å². The van der Waals surface area contributed by atoms with Crippen molar-refractivity contribution in [2.75, 3.05) is 18.1 Å². The Morgan fingerprint density at radius 2 is 2.27 bits per heavy atom. The summed E-state index contributed by atoms with van der Waals surface area (Å²) in [4.78, 5) is 17.6. The number of aromatic nitrogens is 1. The van der Waals surface area contributed by atoms with Crippen LogP contribution in [-0.2, 0) is 9.53 Å². The van der Waals surface area contributed by atoms with Gasteiger partial charge < -0.3 is 4.74 Å². The van der Waals surface area contributed by atoms with Crippen molar-refractivity contribution in [1.82, 2.24) is 4.98 Å². The molecule has 3 rings (SSSR count). The summed E-state index contributed by atoms with van der Waals surface area (Å²) in [7, 11) is 0. The molecule has 4 heteroatoms. The summed E-state index contributed by atoms with van der Waals surface area (Å²) in [6.07, 6.45) is 3.82. The Labute approximate surface area is 87.9 Å². The van der Waals surface area contributed by atoms with Crippen molar-refractivity contribution in [3.8, 4) is 0 Å². The van der Waals surface area contributed by atoms with Crippen LogP contribution in [0.1, 0.15) is 12.8 Å². The Balaban J connectivity index is 1.87. The van der Waals surface area contributed by atoms with Gasteiger partial charge in [-0.3, -0.25) is 9.69 Å². The summed E-state index contributed by atoms with van der Waals surface area (Å²) in [5, 5.41) is 0. The zero-order chi connectivity index (χ0) is 10.3. The first-order chi connectivity index (χ1) is 7.29. The molecule has 1 aromatic rings. The van der Waals surface area contributed by atoms with Crippen LogP contribution in [0.5, 0.6) is 0 Å². The third-order valence-corrected chi connectivity index (χ3v) is 2.98. The lowest BCUT2D eigenvalue weighted by Crippen LogP contribution is -2.48. The van der Waals surface area contributed by atoms with Gasteiger partial charge in [0.25, 0.3) is 5.91 Å². The zero-order valence-corrected chi connectivity index (χ0v) is 8.35. The fraction of sp³-hybridized carbons (Fsp3) is 0.455. The Hall–Kier alpha value is -1.42. The van der Waals surface area contributed by atoms with Gasteiger partial charge in [-0.1, -0.05) is 6.07 Å². The predicted molar refractivity (Wildman–Crippen MR) is 54.5 cm³/mol. The molecule has 0 bridgehead atoms. The number of hydrogen-bond acceptors (Lipinski definition) is 3. The number of pyridine rings is 1. The number of carbonyl (C=O) groups is 1. The Bertz CT molecular complexity index is 387. The van der Waals surface area contributed by atoms with Crippen molar-refractivity contribution in [1.29, 1.82) is 0 Å². The van der Waals surface area contributed by atoms with Crippen LogP contribution in [0.25, 0.3) is 0 Å². The molecule has 0 radical (unpaired) electrons. The van der Waals surface area contributed by atoms with E-state index in [1.54, 1.807) is 11.1 Å². The van der Waals surface area contributed by atoms with E-state index in [2.05, 4.69) is 4.98 Å². The van der Waals surface area contributed by atoms with Crippen molar-refractivity contribution in [2.45, 2.75) is 18.4 Å². The van der Waals surface area contributed by atoms with Gasteiger partial charge in [0.15, 0.2) is 0 Å². The van der Waals surface area contributed by atoms with Crippen molar-refractivity contribution >= 4 is 11.7 Å². The van der Waals surface area contributed by atoms with Crippen LogP contribution in [0.15, 0.2) is 24.4 Å². The molecule has 2 fully saturated rings. The standard InChI is InChI=1S/C11H12N2O2/c14-10-7-15-11(4-5-11)8-13(10)9-3-1-2-6-12-9/h1-3,6H,4-5,7-8H2. The molecule has 1 spiro atoms. The van der Waals surface area contributed by atoms with E-state index in [-0.39, 0.29) is 18.1 Å². The lowest BCUT2D eigenvalue weighted by molar-refractivity contribution is -0.130. The van der Waals surface area contributed by atoms with E-state index in [1.165, 1.54) is 0 Å². The molecule has 15 heavy (non-hydrogen) atoms. The van der Waals surface area contributed by atoms with Gasteiger partial charge in [-0.25, -0.2) is 4.98 Å². The van der Waals surface area contributed by atoms with E-state index in [0.29, 0.717) is 6.54 Å². The Morgan fingerprint density at radius 3 is 2.93 bits per heavy atom. The van der Waals surface area contributed by atoms with Gasteiger partial charge in [-0.05, 0) is 25.0 Å². The van der Waals surface area contributed by atoms with Gasteiger partial charge in [0.05, 0.1) is 12.1 Å². The number of anilines is 1. The van der Waals surface area contributed by atoms with Crippen LogP contribution in [-0.4, -0.2) is 29.6 Å². The molecule has 78 valence electrons. The molecular weight excluding hydrogens is 192 g/mol. The largest absolute Gasteiger partial charge is 0.363 e. The third kappa shape index (κ3) is 1.51. The lowest BCUT2D eigenvalue weighted by Gasteiger charge is -2.32. The second kappa shape index (κ2) is 3.03. The van der Waals surface area contributed by atoms with E-state index in [9.17, 15) is 4.79 Å². The second-order valence-corrected chi connectivity index (χ2v) is 4.14. The van der Waals surface area contributed by atoms with E-state index >= 15 is 0 Å². The first-order valence-corrected chi connectivity index (χ1v) is 5.15. The first-order valence-electron chi connectivity index (χ1n) is 5.15. The molecule has 2 heterocycles. The number of rotatable bonds is 1. The maximum Gasteiger partial charge on any atom is 0.254 e. The summed E-state index contributed by atoms with van der Waals surface area (Å²) in [5.74, 6) is 0.739. The number of carbonyl (C=O) groups excluding carboxylic acids is 1. The highest BCUT2D eigenvalue weighted by Crippen LogP contribution is 2.42. The number of hydrogen-bond donors (Lipinski definition) is 0. The topological polar surface area (TPSA) is 42.4 Å². The molecule has 0 N–H and O–H groups in total. The first kappa shape index (κ1) is 8.85. The number of nitrogens with zero attached hydrogens (tertiary/aromatic N) is 2. The molecule has 1 amide bonds. The smallest absolute Gasteiger partial charge is 0.254 e. The van der Waals surface area contributed by atoms with Gasteiger partial charge >= 0.3 is 0 Å².